The zero-order valence-corrected chi connectivity index (χ0v) is 17.3. The molecule has 1 aliphatic carbocycles. The van der Waals surface area contributed by atoms with Crippen molar-refractivity contribution in [2.75, 3.05) is 18.5 Å². The number of carbonyl (C=O) groups is 1. The van der Waals surface area contributed by atoms with Gasteiger partial charge in [-0.1, -0.05) is 26.7 Å². The quantitative estimate of drug-likeness (QED) is 0.624. The zero-order valence-electron chi connectivity index (χ0n) is 17.3. The van der Waals surface area contributed by atoms with Gasteiger partial charge in [-0.25, -0.2) is 0 Å². The van der Waals surface area contributed by atoms with Crippen LogP contribution < -0.4 is 10.1 Å². The number of fused-ring (bicyclic) bond motifs is 1. The van der Waals surface area contributed by atoms with Crippen molar-refractivity contribution in [1.82, 2.24) is 4.98 Å². The number of anilines is 1. The molecular formula is C23H32N2O3. The van der Waals surface area contributed by atoms with Gasteiger partial charge in [0.1, 0.15) is 16.9 Å². The van der Waals surface area contributed by atoms with Gasteiger partial charge in [-0.05, 0) is 62.8 Å². The number of ether oxygens (including phenoxy) is 2. The number of benzene rings is 1. The van der Waals surface area contributed by atoms with Gasteiger partial charge in [0.15, 0.2) is 0 Å². The Bertz CT molecular complexity index is 804. The van der Waals surface area contributed by atoms with Crippen LogP contribution in [-0.2, 0) is 9.53 Å². The summed E-state index contributed by atoms with van der Waals surface area (Å²) in [6, 6.07) is 7.67. The maximum Gasteiger partial charge on any atom is 0.256 e. The average Bonchev–Trinajstić information content (AvgIpc) is 2.70. The number of hydrogen-bond acceptors (Lipinski definition) is 4. The number of aromatic nitrogens is 1. The molecular weight excluding hydrogens is 352 g/mol. The number of unbranched alkanes of at least 4 members (excludes halogenated alkanes) is 1. The second-order valence-corrected chi connectivity index (χ2v) is 7.80. The van der Waals surface area contributed by atoms with Crippen molar-refractivity contribution in [2.45, 2.75) is 64.9 Å². The molecule has 0 saturated heterocycles. The fourth-order valence-electron chi connectivity index (χ4n) is 4.12. The van der Waals surface area contributed by atoms with Crippen LogP contribution in [0, 0.1) is 5.92 Å². The Morgan fingerprint density at radius 1 is 1.32 bits per heavy atom. The zero-order chi connectivity index (χ0) is 20.0. The van der Waals surface area contributed by atoms with E-state index < -0.39 is 5.60 Å². The maximum absolute atomic E-state index is 13.3. The molecule has 1 saturated carbocycles. The van der Waals surface area contributed by atoms with Gasteiger partial charge >= 0.3 is 0 Å². The van der Waals surface area contributed by atoms with Gasteiger partial charge in [0.05, 0.1) is 12.3 Å². The Morgan fingerprint density at radius 3 is 2.93 bits per heavy atom. The van der Waals surface area contributed by atoms with Gasteiger partial charge in [-0.3, -0.25) is 9.78 Å². The molecule has 28 heavy (non-hydrogen) atoms. The van der Waals surface area contributed by atoms with Crippen molar-refractivity contribution in [2.24, 2.45) is 5.92 Å². The number of hydrogen-bond donors (Lipinski definition) is 1. The lowest BCUT2D eigenvalue weighted by Crippen LogP contribution is -2.48. The van der Waals surface area contributed by atoms with Crippen molar-refractivity contribution >= 4 is 22.5 Å². The summed E-state index contributed by atoms with van der Waals surface area (Å²) in [4.78, 5) is 17.8. The Morgan fingerprint density at radius 2 is 2.18 bits per heavy atom. The van der Waals surface area contributed by atoms with Crippen molar-refractivity contribution < 1.29 is 14.3 Å². The minimum absolute atomic E-state index is 0.0503. The third kappa shape index (κ3) is 4.46. The summed E-state index contributed by atoms with van der Waals surface area (Å²) < 4.78 is 11.9. The molecule has 0 bridgehead atoms. The first kappa shape index (κ1) is 20.6. The van der Waals surface area contributed by atoms with Gasteiger partial charge in [-0.15, -0.1) is 0 Å². The number of nitrogens with zero attached hydrogens (tertiary/aromatic N) is 1. The monoisotopic (exact) mass is 384 g/mol. The smallest absolute Gasteiger partial charge is 0.256 e. The molecule has 152 valence electrons. The van der Waals surface area contributed by atoms with Crippen LogP contribution in [0.2, 0.25) is 0 Å². The van der Waals surface area contributed by atoms with E-state index in [1.54, 1.807) is 6.20 Å². The van der Waals surface area contributed by atoms with Crippen LogP contribution in [0.4, 0.5) is 5.69 Å². The number of amides is 1. The highest BCUT2D eigenvalue weighted by Crippen LogP contribution is 2.37. The summed E-state index contributed by atoms with van der Waals surface area (Å²) in [6.07, 6.45) is 7.54. The highest BCUT2D eigenvalue weighted by molar-refractivity contribution is 6.05. The maximum atomic E-state index is 13.3. The van der Waals surface area contributed by atoms with E-state index >= 15 is 0 Å². The minimum atomic E-state index is -0.739. The topological polar surface area (TPSA) is 60.5 Å². The van der Waals surface area contributed by atoms with Gasteiger partial charge in [0.25, 0.3) is 5.91 Å². The number of pyridine rings is 1. The Balaban J connectivity index is 1.87. The van der Waals surface area contributed by atoms with Crippen molar-refractivity contribution in [3.8, 4) is 5.75 Å². The lowest BCUT2D eigenvalue weighted by molar-refractivity contribution is -0.147. The Kier molecular flexibility index (Phi) is 6.89. The first-order valence-electron chi connectivity index (χ1n) is 10.6. The van der Waals surface area contributed by atoms with Crippen LogP contribution in [0.3, 0.4) is 0 Å². The van der Waals surface area contributed by atoms with Crippen LogP contribution in [0.25, 0.3) is 10.9 Å². The van der Waals surface area contributed by atoms with E-state index in [-0.39, 0.29) is 5.91 Å². The summed E-state index contributed by atoms with van der Waals surface area (Å²) in [5, 5.41) is 4.03. The predicted octanol–water partition coefficient (Wildman–Crippen LogP) is 5.34. The van der Waals surface area contributed by atoms with Crippen LogP contribution in [0.15, 0.2) is 30.5 Å². The number of carbonyl (C=O) groups excluding carboxylic acids is 1. The molecule has 0 unspecified atom stereocenters. The second-order valence-electron chi connectivity index (χ2n) is 7.80. The lowest BCUT2D eigenvalue weighted by Gasteiger charge is -2.38. The average molecular weight is 385 g/mol. The molecule has 3 rings (SSSR count). The van der Waals surface area contributed by atoms with E-state index in [0.29, 0.717) is 19.1 Å². The molecule has 2 aromatic rings. The second kappa shape index (κ2) is 9.37. The molecule has 1 fully saturated rings. The van der Waals surface area contributed by atoms with Crippen LogP contribution in [0.1, 0.15) is 59.3 Å². The summed E-state index contributed by atoms with van der Waals surface area (Å²) in [5.74, 6) is 1.19. The van der Waals surface area contributed by atoms with E-state index in [0.717, 1.165) is 60.9 Å². The third-order valence-corrected chi connectivity index (χ3v) is 5.53. The summed E-state index contributed by atoms with van der Waals surface area (Å²) in [5.41, 5.74) is 0.796. The number of nitrogens with one attached hydrogen (secondary N) is 1. The largest absolute Gasteiger partial charge is 0.491 e. The van der Waals surface area contributed by atoms with E-state index in [1.165, 1.54) is 0 Å². The van der Waals surface area contributed by atoms with E-state index in [2.05, 4.69) is 24.1 Å². The fraction of sp³-hybridized carbons (Fsp3) is 0.565. The molecule has 1 aromatic heterocycles. The fourth-order valence-corrected chi connectivity index (χ4v) is 4.12. The summed E-state index contributed by atoms with van der Waals surface area (Å²) >= 11 is 0. The Labute approximate surface area is 167 Å². The van der Waals surface area contributed by atoms with Gasteiger partial charge in [0, 0.05) is 18.2 Å². The van der Waals surface area contributed by atoms with Gasteiger partial charge < -0.3 is 14.8 Å². The third-order valence-electron chi connectivity index (χ3n) is 5.53. The standard InChI is InChI=1S/C23H32N2O3/c1-4-6-15-27-20-12-11-19(18-10-8-14-24-21(18)20)25-22(26)23(28-5-2)13-7-9-17(3)16-23/h8,10-12,14,17H,4-7,9,13,15-16H2,1-3H3,(H,25,26)/t17-,23+/m0/s1. The van der Waals surface area contributed by atoms with Crippen LogP contribution >= 0.6 is 0 Å². The van der Waals surface area contributed by atoms with E-state index in [9.17, 15) is 4.79 Å². The van der Waals surface area contributed by atoms with Gasteiger partial charge in [0.2, 0.25) is 0 Å². The number of rotatable bonds is 8. The molecule has 2 atom stereocenters. The molecule has 0 aliphatic heterocycles. The highest BCUT2D eigenvalue weighted by Gasteiger charge is 2.42. The van der Waals surface area contributed by atoms with Crippen molar-refractivity contribution in [1.29, 1.82) is 0 Å². The molecule has 1 N–H and O–H groups in total. The molecule has 5 nitrogen and oxygen atoms in total. The van der Waals surface area contributed by atoms with Crippen molar-refractivity contribution in [3.63, 3.8) is 0 Å². The molecule has 1 aliphatic rings. The van der Waals surface area contributed by atoms with Gasteiger partial charge in [-0.2, -0.15) is 0 Å². The molecule has 0 spiro atoms. The predicted molar refractivity (Wildman–Crippen MR) is 113 cm³/mol. The Hall–Kier alpha value is -2.14. The first-order valence-corrected chi connectivity index (χ1v) is 10.6. The van der Waals surface area contributed by atoms with Crippen LogP contribution in [-0.4, -0.2) is 29.7 Å². The molecule has 5 heteroatoms. The lowest BCUT2D eigenvalue weighted by atomic mass is 9.78. The van der Waals surface area contributed by atoms with Crippen molar-refractivity contribution in [3.05, 3.63) is 30.5 Å². The molecule has 1 amide bonds. The normalized spacial score (nSPS) is 22.2. The highest BCUT2D eigenvalue weighted by atomic mass is 16.5. The SMILES string of the molecule is CCCCOc1ccc(NC(=O)[C@@]2(OCC)CCC[C@H](C)C2)c2cccnc12. The van der Waals surface area contributed by atoms with Crippen LogP contribution in [0.5, 0.6) is 5.75 Å². The molecule has 1 heterocycles. The summed E-state index contributed by atoms with van der Waals surface area (Å²) in [7, 11) is 0. The molecule has 0 radical (unpaired) electrons. The van der Waals surface area contributed by atoms with E-state index in [4.69, 9.17) is 9.47 Å². The summed E-state index contributed by atoms with van der Waals surface area (Å²) in [6.45, 7) is 7.49. The van der Waals surface area contributed by atoms with E-state index in [1.807, 2.05) is 31.2 Å². The molecule has 1 aromatic carbocycles. The first-order chi connectivity index (χ1) is 13.6. The minimum Gasteiger partial charge on any atom is -0.491 e.